The number of rotatable bonds is 1. The summed E-state index contributed by atoms with van der Waals surface area (Å²) in [6, 6.07) is 0. The van der Waals surface area contributed by atoms with Crippen molar-refractivity contribution in [1.29, 1.82) is 0 Å². The Bertz CT molecular complexity index is 64.6. The molecule has 0 rings (SSSR count). The molecule has 1 radical (unpaired) electrons. The fourth-order valence-corrected chi connectivity index (χ4v) is 0.491. The van der Waals surface area contributed by atoms with Gasteiger partial charge in [-0.05, 0) is 6.42 Å². The van der Waals surface area contributed by atoms with Crippen LogP contribution in [-0.4, -0.2) is 3.79 Å². The van der Waals surface area contributed by atoms with E-state index in [0.717, 1.165) is 0 Å². The Morgan fingerprint density at radius 2 is 1.88 bits per heavy atom. The molecule has 0 aromatic carbocycles. The highest BCUT2D eigenvalue weighted by molar-refractivity contribution is 6.67. The van der Waals surface area contributed by atoms with Crippen molar-refractivity contribution in [3.05, 3.63) is 6.92 Å². The third-order valence-corrected chi connectivity index (χ3v) is 2.11. The van der Waals surface area contributed by atoms with Crippen molar-refractivity contribution in [2.45, 2.75) is 17.1 Å². The first-order chi connectivity index (χ1) is 3.48. The van der Waals surface area contributed by atoms with Crippen molar-refractivity contribution in [1.82, 2.24) is 0 Å². The van der Waals surface area contributed by atoms with E-state index in [0.29, 0.717) is 6.42 Å². The number of hydrogen-bond donors (Lipinski definition) is 0. The summed E-state index contributed by atoms with van der Waals surface area (Å²) >= 11 is 16.4. The maximum absolute atomic E-state index is 5.47. The molecule has 1 unspecified atom stereocenters. The van der Waals surface area contributed by atoms with E-state index < -0.39 is 3.79 Å². The summed E-state index contributed by atoms with van der Waals surface area (Å²) in [6.45, 7) is 5.45. The minimum atomic E-state index is -1.14. The van der Waals surface area contributed by atoms with E-state index in [2.05, 4.69) is 6.92 Å². The van der Waals surface area contributed by atoms with E-state index in [-0.39, 0.29) is 5.92 Å². The maximum atomic E-state index is 5.47. The van der Waals surface area contributed by atoms with Crippen molar-refractivity contribution in [2.24, 2.45) is 5.92 Å². The van der Waals surface area contributed by atoms with Gasteiger partial charge in [-0.2, -0.15) is 0 Å². The zero-order valence-electron chi connectivity index (χ0n) is 4.63. The van der Waals surface area contributed by atoms with Crippen LogP contribution in [0.25, 0.3) is 0 Å². The standard InChI is InChI=1S/C5H8Cl3/c1-3-4(2)5(6,7)8/h4H,1,3H2,2H3. The fourth-order valence-electron chi connectivity index (χ4n) is 0.164. The first-order valence-corrected chi connectivity index (χ1v) is 3.48. The zero-order valence-corrected chi connectivity index (χ0v) is 6.89. The summed E-state index contributed by atoms with van der Waals surface area (Å²) in [5, 5.41) is 0. The lowest BCUT2D eigenvalue weighted by Crippen LogP contribution is -2.13. The lowest BCUT2D eigenvalue weighted by molar-refractivity contribution is 0.606. The van der Waals surface area contributed by atoms with Gasteiger partial charge in [0.1, 0.15) is 0 Å². The van der Waals surface area contributed by atoms with Crippen LogP contribution in [0.1, 0.15) is 13.3 Å². The van der Waals surface area contributed by atoms with Crippen LogP contribution in [0.4, 0.5) is 0 Å². The smallest absolute Gasteiger partial charge is 0.0834 e. The molecule has 0 heterocycles. The van der Waals surface area contributed by atoms with Crippen LogP contribution in [0.5, 0.6) is 0 Å². The first-order valence-electron chi connectivity index (χ1n) is 2.34. The van der Waals surface area contributed by atoms with Crippen molar-refractivity contribution < 1.29 is 0 Å². The molecule has 0 amide bonds. The van der Waals surface area contributed by atoms with Gasteiger partial charge in [0.05, 0.1) is 0 Å². The van der Waals surface area contributed by atoms with Crippen molar-refractivity contribution in [3.8, 4) is 0 Å². The summed E-state index contributed by atoms with van der Waals surface area (Å²) < 4.78 is -1.14. The average molecular weight is 174 g/mol. The van der Waals surface area contributed by atoms with Gasteiger partial charge in [0.25, 0.3) is 0 Å². The van der Waals surface area contributed by atoms with Gasteiger partial charge in [0.2, 0.25) is 0 Å². The Balaban J connectivity index is 3.62. The third kappa shape index (κ3) is 3.01. The van der Waals surface area contributed by atoms with Gasteiger partial charge in [0.15, 0.2) is 3.79 Å². The number of halogens is 3. The van der Waals surface area contributed by atoms with E-state index in [1.165, 1.54) is 0 Å². The average Bonchev–Trinajstić information content (AvgIpc) is 1.62. The van der Waals surface area contributed by atoms with Crippen LogP contribution in [0.3, 0.4) is 0 Å². The SMILES string of the molecule is [CH2]CC(C)C(Cl)(Cl)Cl. The Morgan fingerprint density at radius 1 is 1.50 bits per heavy atom. The van der Waals surface area contributed by atoms with Crippen molar-refractivity contribution in [3.63, 3.8) is 0 Å². The molecule has 0 aliphatic rings. The fraction of sp³-hybridized carbons (Fsp3) is 0.800. The summed E-state index contributed by atoms with van der Waals surface area (Å²) in [5.41, 5.74) is 0. The Hall–Kier alpha value is 0.870. The molecule has 0 bridgehead atoms. The van der Waals surface area contributed by atoms with Gasteiger partial charge in [-0.25, -0.2) is 0 Å². The summed E-state index contributed by atoms with van der Waals surface area (Å²) in [7, 11) is 0. The normalized spacial score (nSPS) is 16.1. The molecule has 8 heavy (non-hydrogen) atoms. The molecule has 0 spiro atoms. The van der Waals surface area contributed by atoms with Crippen molar-refractivity contribution in [2.75, 3.05) is 0 Å². The van der Waals surface area contributed by atoms with Gasteiger partial charge in [-0.1, -0.05) is 48.7 Å². The molecule has 0 aromatic rings. The minimum absolute atomic E-state index is 0.0347. The van der Waals surface area contributed by atoms with Gasteiger partial charge < -0.3 is 0 Å². The van der Waals surface area contributed by atoms with E-state index in [4.69, 9.17) is 34.8 Å². The van der Waals surface area contributed by atoms with Crippen LogP contribution in [-0.2, 0) is 0 Å². The molecule has 0 aliphatic heterocycles. The predicted molar refractivity (Wildman–Crippen MR) is 39.4 cm³/mol. The number of alkyl halides is 3. The molecule has 1 atom stereocenters. The third-order valence-electron chi connectivity index (χ3n) is 0.992. The van der Waals surface area contributed by atoms with Crippen LogP contribution in [0.15, 0.2) is 0 Å². The molecule has 0 nitrogen and oxygen atoms in total. The number of hydrogen-bond acceptors (Lipinski definition) is 0. The molecule has 0 N–H and O–H groups in total. The lowest BCUT2D eigenvalue weighted by atomic mass is 10.1. The molecule has 0 aliphatic carbocycles. The molecule has 0 aromatic heterocycles. The highest BCUT2D eigenvalue weighted by atomic mass is 35.6. The predicted octanol–water partition coefficient (Wildman–Crippen LogP) is 3.22. The Morgan fingerprint density at radius 3 is 1.88 bits per heavy atom. The van der Waals surface area contributed by atoms with Gasteiger partial charge >= 0.3 is 0 Å². The molecular formula is C5H8Cl3. The quantitative estimate of drug-likeness (QED) is 0.536. The van der Waals surface area contributed by atoms with Crippen LogP contribution >= 0.6 is 34.8 Å². The monoisotopic (exact) mass is 173 g/mol. The van der Waals surface area contributed by atoms with E-state index in [1.54, 1.807) is 0 Å². The summed E-state index contributed by atoms with van der Waals surface area (Å²) in [4.78, 5) is 0. The molecule has 3 heteroatoms. The molecule has 49 valence electrons. The second-order valence-electron chi connectivity index (χ2n) is 1.73. The highest BCUT2D eigenvalue weighted by Crippen LogP contribution is 2.35. The summed E-state index contributed by atoms with van der Waals surface area (Å²) in [5.74, 6) is 0.0347. The van der Waals surface area contributed by atoms with Crippen LogP contribution in [0, 0.1) is 12.8 Å². The summed E-state index contributed by atoms with van der Waals surface area (Å²) in [6.07, 6.45) is 0.649. The molecule has 0 saturated carbocycles. The molecule has 0 fully saturated rings. The zero-order chi connectivity index (χ0) is 6.78. The van der Waals surface area contributed by atoms with Gasteiger partial charge in [-0.15, -0.1) is 0 Å². The van der Waals surface area contributed by atoms with Crippen molar-refractivity contribution >= 4 is 34.8 Å². The van der Waals surface area contributed by atoms with E-state index in [1.807, 2.05) is 6.92 Å². The van der Waals surface area contributed by atoms with E-state index >= 15 is 0 Å². The largest absolute Gasteiger partial charge is 0.193 e. The van der Waals surface area contributed by atoms with Gasteiger partial charge in [-0.3, -0.25) is 0 Å². The Kier molecular flexibility index (Phi) is 3.49. The molecule has 0 saturated heterocycles. The lowest BCUT2D eigenvalue weighted by Gasteiger charge is -2.17. The first kappa shape index (κ1) is 8.87. The topological polar surface area (TPSA) is 0 Å². The van der Waals surface area contributed by atoms with Crippen LogP contribution in [0.2, 0.25) is 0 Å². The second kappa shape index (κ2) is 3.14. The minimum Gasteiger partial charge on any atom is -0.0834 e. The van der Waals surface area contributed by atoms with E-state index in [9.17, 15) is 0 Å². The van der Waals surface area contributed by atoms with Crippen LogP contribution < -0.4 is 0 Å². The maximum Gasteiger partial charge on any atom is 0.193 e. The highest BCUT2D eigenvalue weighted by Gasteiger charge is 2.26. The second-order valence-corrected chi connectivity index (χ2v) is 4.10. The van der Waals surface area contributed by atoms with Gasteiger partial charge in [0, 0.05) is 5.92 Å². The Labute approximate surface area is 65.1 Å². The molecular weight excluding hydrogens is 166 g/mol.